The molecule has 1 aliphatic heterocycles. The second kappa shape index (κ2) is 9.21. The Bertz CT molecular complexity index is 1430. The summed E-state index contributed by atoms with van der Waals surface area (Å²) in [6.45, 7) is 3.05. The Labute approximate surface area is 205 Å². The van der Waals surface area contributed by atoms with Crippen LogP contribution in [0.5, 0.6) is 0 Å². The first-order valence-corrected chi connectivity index (χ1v) is 12.0. The van der Waals surface area contributed by atoms with Crippen LogP contribution in [0.2, 0.25) is 5.02 Å². The highest BCUT2D eigenvalue weighted by Gasteiger charge is 2.32. The van der Waals surface area contributed by atoms with Gasteiger partial charge < -0.3 is 0 Å². The van der Waals surface area contributed by atoms with Crippen molar-refractivity contribution in [3.8, 4) is 0 Å². The minimum Gasteiger partial charge on any atom is -0.263 e. The fourth-order valence-corrected chi connectivity index (χ4v) is 4.66. The average Bonchev–Trinajstić information content (AvgIpc) is 3.40. The van der Waals surface area contributed by atoms with Gasteiger partial charge in [0.25, 0.3) is 0 Å². The molecule has 3 aromatic carbocycles. The normalized spacial score (nSPS) is 15.6. The molecule has 5 rings (SSSR count). The first-order chi connectivity index (χ1) is 16.4. The van der Waals surface area contributed by atoms with Crippen molar-refractivity contribution in [1.29, 1.82) is 0 Å². The van der Waals surface area contributed by atoms with Gasteiger partial charge in [0.15, 0.2) is 0 Å². The van der Waals surface area contributed by atoms with Gasteiger partial charge in [0.2, 0.25) is 5.95 Å². The van der Waals surface area contributed by atoms with E-state index >= 15 is 0 Å². The number of hydrogen-bond donors (Lipinski definition) is 0. The van der Waals surface area contributed by atoms with Gasteiger partial charge in [-0.3, -0.25) is 4.57 Å². The van der Waals surface area contributed by atoms with E-state index < -0.39 is 0 Å². The molecule has 0 amide bonds. The van der Waals surface area contributed by atoms with Gasteiger partial charge in [-0.15, -0.1) is 14.3 Å². The Kier molecular flexibility index (Phi) is 6.11. The SMILES string of the molecule is Cc1ccc(Cn2nc(N3CC(c4ccccc4)C(c4ccc(Cl)cc4)=N3)n(C)c2=O)cc1P. The third-order valence-corrected chi connectivity index (χ3v) is 7.05. The molecule has 2 atom stereocenters. The third-order valence-electron chi connectivity index (χ3n) is 6.18. The quantitative estimate of drug-likeness (QED) is 0.397. The van der Waals surface area contributed by atoms with Crippen molar-refractivity contribution in [2.45, 2.75) is 19.4 Å². The van der Waals surface area contributed by atoms with E-state index in [9.17, 15) is 4.79 Å². The molecule has 2 heterocycles. The highest BCUT2D eigenvalue weighted by molar-refractivity contribution is 7.27. The number of benzene rings is 3. The lowest BCUT2D eigenvalue weighted by atomic mass is 9.91. The van der Waals surface area contributed by atoms with Crippen LogP contribution in [0.25, 0.3) is 0 Å². The van der Waals surface area contributed by atoms with Gasteiger partial charge in [0, 0.05) is 18.0 Å². The van der Waals surface area contributed by atoms with Crippen molar-refractivity contribution >= 4 is 37.8 Å². The molecule has 0 bridgehead atoms. The lowest BCUT2D eigenvalue weighted by Gasteiger charge is -2.15. The number of rotatable bonds is 5. The Morgan fingerprint density at radius 3 is 2.50 bits per heavy atom. The van der Waals surface area contributed by atoms with Crippen LogP contribution < -0.4 is 16.0 Å². The molecule has 8 heteroatoms. The summed E-state index contributed by atoms with van der Waals surface area (Å²) in [6.07, 6.45) is 0. The monoisotopic (exact) mass is 489 g/mol. The summed E-state index contributed by atoms with van der Waals surface area (Å²) in [5.74, 6) is 0.563. The highest BCUT2D eigenvalue weighted by Crippen LogP contribution is 2.31. The van der Waals surface area contributed by atoms with Crippen LogP contribution in [0.15, 0.2) is 82.7 Å². The van der Waals surface area contributed by atoms with Crippen molar-refractivity contribution in [3.05, 3.63) is 111 Å². The number of halogens is 1. The lowest BCUT2D eigenvalue weighted by molar-refractivity contribution is 0.646. The molecule has 2 unspecified atom stereocenters. The van der Waals surface area contributed by atoms with E-state index in [1.165, 1.54) is 10.2 Å². The summed E-state index contributed by atoms with van der Waals surface area (Å²) in [5.41, 5.74) is 5.13. The molecule has 0 saturated heterocycles. The van der Waals surface area contributed by atoms with Crippen LogP contribution in [0.1, 0.15) is 28.2 Å². The van der Waals surface area contributed by atoms with E-state index in [0.29, 0.717) is 24.1 Å². The smallest absolute Gasteiger partial charge is 0.263 e. The maximum Gasteiger partial charge on any atom is 0.347 e. The van der Waals surface area contributed by atoms with Gasteiger partial charge in [-0.2, -0.15) is 5.10 Å². The largest absolute Gasteiger partial charge is 0.347 e. The molecular weight excluding hydrogens is 465 g/mol. The highest BCUT2D eigenvalue weighted by atomic mass is 35.5. The summed E-state index contributed by atoms with van der Waals surface area (Å²) in [4.78, 5) is 13.0. The molecule has 1 aliphatic rings. The zero-order valence-corrected chi connectivity index (χ0v) is 20.9. The number of nitrogens with zero attached hydrogens (tertiary/aromatic N) is 5. The summed E-state index contributed by atoms with van der Waals surface area (Å²) in [5, 5.41) is 13.2. The van der Waals surface area contributed by atoms with Crippen LogP contribution in [-0.4, -0.2) is 26.6 Å². The maximum absolute atomic E-state index is 13.0. The van der Waals surface area contributed by atoms with Gasteiger partial charge in [0.1, 0.15) is 0 Å². The molecule has 0 fully saturated rings. The van der Waals surface area contributed by atoms with Gasteiger partial charge in [-0.05, 0) is 52.7 Å². The Morgan fingerprint density at radius 1 is 1.06 bits per heavy atom. The van der Waals surface area contributed by atoms with Gasteiger partial charge in [0.05, 0.1) is 18.8 Å². The molecule has 34 heavy (non-hydrogen) atoms. The van der Waals surface area contributed by atoms with E-state index in [1.54, 1.807) is 11.6 Å². The molecule has 0 radical (unpaired) electrons. The van der Waals surface area contributed by atoms with Crippen molar-refractivity contribution in [3.63, 3.8) is 0 Å². The van der Waals surface area contributed by atoms with E-state index in [1.807, 2.05) is 53.5 Å². The van der Waals surface area contributed by atoms with Crippen LogP contribution in [0.4, 0.5) is 5.95 Å². The number of aryl methyl sites for hydroxylation is 1. The summed E-state index contributed by atoms with van der Waals surface area (Å²) in [7, 11) is 4.48. The standard InChI is InChI=1S/C26H25ClN5OP/c1-17-8-9-18(14-23(17)34)15-32-26(33)30(2)25(29-32)31-16-22(19-6-4-3-5-7-19)24(28-31)20-10-12-21(27)13-11-20/h3-14,22H,15-16,34H2,1-2H3. The van der Waals surface area contributed by atoms with Crippen molar-refractivity contribution < 1.29 is 0 Å². The zero-order chi connectivity index (χ0) is 23.8. The molecule has 172 valence electrons. The Balaban J connectivity index is 1.51. The molecule has 1 aromatic heterocycles. The molecule has 0 saturated carbocycles. The lowest BCUT2D eigenvalue weighted by Crippen LogP contribution is -2.25. The van der Waals surface area contributed by atoms with E-state index in [0.717, 1.165) is 27.7 Å². The third kappa shape index (κ3) is 4.31. The number of anilines is 1. The molecule has 6 nitrogen and oxygen atoms in total. The zero-order valence-electron chi connectivity index (χ0n) is 19.0. The van der Waals surface area contributed by atoms with Crippen molar-refractivity contribution in [2.24, 2.45) is 12.1 Å². The predicted molar refractivity (Wildman–Crippen MR) is 142 cm³/mol. The van der Waals surface area contributed by atoms with E-state index in [2.05, 4.69) is 45.5 Å². The first kappa shape index (κ1) is 22.6. The fourth-order valence-electron chi connectivity index (χ4n) is 4.22. The predicted octanol–water partition coefficient (Wildman–Crippen LogP) is 4.10. The number of hydrogen-bond acceptors (Lipinski definition) is 4. The summed E-state index contributed by atoms with van der Waals surface area (Å²) < 4.78 is 3.06. The number of hydrazone groups is 1. The molecular formula is C26H25ClN5OP. The van der Waals surface area contributed by atoms with Crippen LogP contribution in [0.3, 0.4) is 0 Å². The molecule has 0 aliphatic carbocycles. The molecule has 0 spiro atoms. The Hall–Kier alpha value is -3.21. The van der Waals surface area contributed by atoms with Crippen molar-refractivity contribution in [2.75, 3.05) is 11.6 Å². The summed E-state index contributed by atoms with van der Waals surface area (Å²) >= 11 is 6.12. The second-order valence-electron chi connectivity index (χ2n) is 8.53. The second-order valence-corrected chi connectivity index (χ2v) is 9.59. The number of aromatic nitrogens is 3. The van der Waals surface area contributed by atoms with Crippen LogP contribution in [0, 0.1) is 6.92 Å². The average molecular weight is 490 g/mol. The minimum atomic E-state index is -0.174. The maximum atomic E-state index is 13.0. The van der Waals surface area contributed by atoms with E-state index in [-0.39, 0.29) is 11.6 Å². The first-order valence-electron chi connectivity index (χ1n) is 11.1. The van der Waals surface area contributed by atoms with Crippen LogP contribution >= 0.6 is 20.8 Å². The van der Waals surface area contributed by atoms with Gasteiger partial charge in [-0.1, -0.05) is 66.2 Å². The van der Waals surface area contributed by atoms with E-state index in [4.69, 9.17) is 16.7 Å². The Morgan fingerprint density at radius 2 is 1.79 bits per heavy atom. The van der Waals surface area contributed by atoms with Gasteiger partial charge >= 0.3 is 5.69 Å². The molecule has 0 N–H and O–H groups in total. The fraction of sp³-hybridized carbons (Fsp3) is 0.192. The molecule has 4 aromatic rings. The van der Waals surface area contributed by atoms with Gasteiger partial charge in [-0.25, -0.2) is 14.5 Å². The van der Waals surface area contributed by atoms with Crippen LogP contribution in [-0.2, 0) is 13.6 Å². The van der Waals surface area contributed by atoms with Crippen molar-refractivity contribution in [1.82, 2.24) is 14.3 Å². The minimum absolute atomic E-state index is 0.0411. The summed E-state index contributed by atoms with van der Waals surface area (Å²) in [6, 6.07) is 24.1. The topological polar surface area (TPSA) is 55.4 Å².